The molecule has 0 unspecified atom stereocenters. The Labute approximate surface area is 125 Å². The Kier molecular flexibility index (Phi) is 4.24. The van der Waals surface area contributed by atoms with E-state index in [1.54, 1.807) is 12.1 Å². The first-order valence-electron chi connectivity index (χ1n) is 6.42. The number of Topliss-reactive ketones (excluding diaryl/α,β-unsaturated/α-hetero) is 1. The van der Waals surface area contributed by atoms with Crippen LogP contribution in [0.2, 0.25) is 0 Å². The van der Waals surface area contributed by atoms with Crippen molar-refractivity contribution in [3.63, 3.8) is 0 Å². The van der Waals surface area contributed by atoms with E-state index in [0.717, 1.165) is 4.90 Å². The minimum Gasteiger partial charge on any atom is -0.361 e. The molecule has 0 fully saturated rings. The molecule has 0 aromatic heterocycles. The van der Waals surface area contributed by atoms with E-state index in [2.05, 4.69) is 10.1 Å². The van der Waals surface area contributed by atoms with E-state index in [9.17, 15) is 19.2 Å². The lowest BCUT2D eigenvalue weighted by atomic mass is 10.1. The molecule has 1 N–H and O–H groups in total. The molecule has 0 radical (unpaired) electrons. The molecule has 22 heavy (non-hydrogen) atoms. The molecule has 8 nitrogen and oxygen atoms in total. The van der Waals surface area contributed by atoms with Crippen LogP contribution >= 0.6 is 0 Å². The van der Waals surface area contributed by atoms with Gasteiger partial charge in [-0.15, -0.1) is 0 Å². The number of nitrogens with zero attached hydrogens (tertiary/aromatic N) is 3. The van der Waals surface area contributed by atoms with E-state index in [0.29, 0.717) is 6.21 Å². The molecule has 0 spiro atoms. The van der Waals surface area contributed by atoms with Gasteiger partial charge in [-0.1, -0.05) is 12.1 Å². The normalized spacial score (nSPS) is 14.1. The van der Waals surface area contributed by atoms with Crippen LogP contribution in [0.3, 0.4) is 0 Å². The van der Waals surface area contributed by atoms with Gasteiger partial charge in [0.05, 0.1) is 17.7 Å². The molecule has 1 atom stereocenters. The highest BCUT2D eigenvalue weighted by Crippen LogP contribution is 2.24. The van der Waals surface area contributed by atoms with Crippen molar-refractivity contribution in [2.75, 3.05) is 6.54 Å². The van der Waals surface area contributed by atoms with Crippen LogP contribution < -0.4 is 5.32 Å². The average molecular weight is 300 g/mol. The Morgan fingerprint density at radius 2 is 1.82 bits per heavy atom. The summed E-state index contributed by atoms with van der Waals surface area (Å²) in [6.07, 6.45) is 0.646. The monoisotopic (exact) mass is 300 g/mol. The lowest BCUT2D eigenvalue weighted by Gasteiger charge is -2.21. The number of ketones is 1. The predicted octanol–water partition coefficient (Wildman–Crippen LogP) is -0.343. The Bertz CT molecular complexity index is 686. The predicted molar refractivity (Wildman–Crippen MR) is 74.1 cm³/mol. The van der Waals surface area contributed by atoms with Crippen LogP contribution in [0.4, 0.5) is 0 Å². The summed E-state index contributed by atoms with van der Waals surface area (Å²) < 4.78 is 0. The molecule has 1 aromatic carbocycles. The second-order valence-corrected chi connectivity index (χ2v) is 4.63. The number of hydrogen-bond donors (Lipinski definition) is 1. The first kappa shape index (κ1) is 15.3. The Hall–Kier alpha value is -3.12. The Morgan fingerprint density at radius 1 is 1.27 bits per heavy atom. The fraction of sp³-hybridized carbons (Fsp3) is 0.214. The lowest BCUT2D eigenvalue weighted by Crippen LogP contribution is -2.48. The van der Waals surface area contributed by atoms with E-state index in [4.69, 9.17) is 5.53 Å². The number of carbonyl (C=O) groups excluding carboxylic acids is 4. The number of amides is 3. The van der Waals surface area contributed by atoms with Crippen molar-refractivity contribution in [3.05, 3.63) is 40.9 Å². The minimum atomic E-state index is -1.06. The topological polar surface area (TPSA) is 120 Å². The van der Waals surface area contributed by atoms with Gasteiger partial charge in [-0.05, 0) is 19.1 Å². The summed E-state index contributed by atoms with van der Waals surface area (Å²) in [5.41, 5.74) is 8.68. The average Bonchev–Trinajstić information content (AvgIpc) is 2.76. The fourth-order valence-electron chi connectivity index (χ4n) is 2.11. The van der Waals surface area contributed by atoms with Crippen molar-refractivity contribution < 1.29 is 24.0 Å². The molecule has 1 aromatic rings. The van der Waals surface area contributed by atoms with E-state index in [-0.39, 0.29) is 11.1 Å². The summed E-state index contributed by atoms with van der Waals surface area (Å²) in [6.45, 7) is 0.998. The molecule has 0 aliphatic carbocycles. The van der Waals surface area contributed by atoms with Gasteiger partial charge in [0.2, 0.25) is 5.91 Å². The summed E-state index contributed by atoms with van der Waals surface area (Å²) in [7, 11) is 0. The maximum absolute atomic E-state index is 12.2. The third-order valence-corrected chi connectivity index (χ3v) is 3.23. The van der Waals surface area contributed by atoms with E-state index >= 15 is 0 Å². The maximum Gasteiger partial charge on any atom is 0.325 e. The quantitative estimate of drug-likeness (QED) is 0.346. The SMILES string of the molecule is C[C@@H](C(=O)NCC(=O)C=[N+]=[N-])N1C(=O)c2ccccc2C1=O. The summed E-state index contributed by atoms with van der Waals surface area (Å²) in [4.78, 5) is 50.9. The summed E-state index contributed by atoms with van der Waals surface area (Å²) in [5.74, 6) is -2.38. The van der Waals surface area contributed by atoms with E-state index in [1.165, 1.54) is 19.1 Å². The highest BCUT2D eigenvalue weighted by molar-refractivity contribution is 6.27. The number of rotatable bonds is 5. The third-order valence-electron chi connectivity index (χ3n) is 3.23. The van der Waals surface area contributed by atoms with E-state index < -0.39 is 36.1 Å². The van der Waals surface area contributed by atoms with Gasteiger partial charge in [0, 0.05) is 0 Å². The molecule has 0 saturated carbocycles. The van der Waals surface area contributed by atoms with Gasteiger partial charge in [-0.25, -0.2) is 0 Å². The smallest absolute Gasteiger partial charge is 0.325 e. The molecule has 2 rings (SSSR count). The number of benzene rings is 1. The van der Waals surface area contributed by atoms with Crippen molar-refractivity contribution in [1.29, 1.82) is 0 Å². The first-order valence-corrected chi connectivity index (χ1v) is 6.42. The van der Waals surface area contributed by atoms with Crippen molar-refractivity contribution >= 4 is 29.7 Å². The molecule has 3 amide bonds. The second kappa shape index (κ2) is 6.11. The molecular formula is C14H12N4O4. The van der Waals surface area contributed by atoms with Crippen LogP contribution in [-0.2, 0) is 9.59 Å². The standard InChI is InChI=1S/C14H12N4O4/c1-8(12(20)16-6-9(19)7-17-15)18-13(21)10-4-2-3-5-11(10)14(18)22/h2-5,7-8H,6H2,1H3,(H,16,20)/t8-/m0/s1. The van der Waals surface area contributed by atoms with Crippen molar-refractivity contribution in [1.82, 2.24) is 10.2 Å². The van der Waals surface area contributed by atoms with Crippen LogP contribution in [0.25, 0.3) is 5.53 Å². The van der Waals surface area contributed by atoms with Crippen molar-refractivity contribution in [2.24, 2.45) is 0 Å². The molecule has 8 heteroatoms. The Morgan fingerprint density at radius 3 is 2.32 bits per heavy atom. The van der Waals surface area contributed by atoms with Gasteiger partial charge in [-0.3, -0.25) is 24.1 Å². The lowest BCUT2D eigenvalue weighted by molar-refractivity contribution is -0.126. The van der Waals surface area contributed by atoms with Gasteiger partial charge in [0.15, 0.2) is 0 Å². The number of hydrogen-bond acceptors (Lipinski definition) is 4. The van der Waals surface area contributed by atoms with Crippen LogP contribution in [0.15, 0.2) is 24.3 Å². The summed E-state index contributed by atoms with van der Waals surface area (Å²) >= 11 is 0. The molecule has 1 heterocycles. The molecular weight excluding hydrogens is 288 g/mol. The number of nitrogens with one attached hydrogen (secondary N) is 1. The molecule has 1 aliphatic rings. The molecule has 1 aliphatic heterocycles. The maximum atomic E-state index is 12.2. The van der Waals surface area contributed by atoms with Crippen LogP contribution in [0.1, 0.15) is 27.6 Å². The highest BCUT2D eigenvalue weighted by atomic mass is 16.2. The molecule has 0 bridgehead atoms. The zero-order chi connectivity index (χ0) is 16.3. The van der Waals surface area contributed by atoms with Gasteiger partial charge in [0.1, 0.15) is 6.04 Å². The van der Waals surface area contributed by atoms with Gasteiger partial charge >= 0.3 is 6.21 Å². The second-order valence-electron chi connectivity index (χ2n) is 4.63. The number of imide groups is 1. The van der Waals surface area contributed by atoms with E-state index in [1.807, 2.05) is 0 Å². The molecule has 112 valence electrons. The van der Waals surface area contributed by atoms with Crippen LogP contribution in [-0.4, -0.2) is 52.0 Å². The molecule has 0 saturated heterocycles. The fourth-order valence-corrected chi connectivity index (χ4v) is 2.11. The van der Waals surface area contributed by atoms with Crippen LogP contribution in [0, 0.1) is 0 Å². The van der Waals surface area contributed by atoms with Crippen LogP contribution in [0.5, 0.6) is 0 Å². The van der Waals surface area contributed by atoms with Gasteiger partial charge in [-0.2, -0.15) is 4.79 Å². The number of carbonyl (C=O) groups is 4. The Balaban J connectivity index is 2.11. The zero-order valence-corrected chi connectivity index (χ0v) is 11.6. The summed E-state index contributed by atoms with van der Waals surface area (Å²) in [5, 5.41) is 2.27. The first-order chi connectivity index (χ1) is 10.5. The highest BCUT2D eigenvalue weighted by Gasteiger charge is 2.40. The zero-order valence-electron chi connectivity index (χ0n) is 11.6. The van der Waals surface area contributed by atoms with Crippen molar-refractivity contribution in [3.8, 4) is 0 Å². The van der Waals surface area contributed by atoms with Gasteiger partial charge < -0.3 is 10.8 Å². The van der Waals surface area contributed by atoms with Gasteiger partial charge in [0.25, 0.3) is 17.6 Å². The third kappa shape index (κ3) is 2.68. The van der Waals surface area contributed by atoms with Crippen molar-refractivity contribution in [2.45, 2.75) is 13.0 Å². The summed E-state index contributed by atoms with van der Waals surface area (Å²) in [6, 6.07) is 5.23. The largest absolute Gasteiger partial charge is 0.361 e. The number of fused-ring (bicyclic) bond motifs is 1. The minimum absolute atomic E-state index is 0.246.